The van der Waals surface area contributed by atoms with E-state index in [9.17, 15) is 0 Å². The zero-order valence-corrected chi connectivity index (χ0v) is 26.3. The highest BCUT2D eigenvalue weighted by molar-refractivity contribution is 7.62. The standard InChI is InChI=1S/C36H49P/c1-20(2)26-16-30(22(5)6)34(31(17-26)23(7)8)28-14-13-15-29-35-32(24(9)10)18-27(21(3)4)19-33(35)37(25(11)12)36(28)29/h13-25H,1-12H3. The second-order valence-corrected chi connectivity index (χ2v) is 15.7. The summed E-state index contributed by atoms with van der Waals surface area (Å²) in [5.74, 6) is 2.54. The number of hydrogen-bond acceptors (Lipinski definition) is 0. The van der Waals surface area contributed by atoms with E-state index in [2.05, 4.69) is 126 Å². The molecule has 0 N–H and O–H groups in total. The Morgan fingerprint density at radius 3 is 1.49 bits per heavy atom. The molecule has 0 aliphatic rings. The highest BCUT2D eigenvalue weighted by Crippen LogP contribution is 2.60. The van der Waals surface area contributed by atoms with Gasteiger partial charge >= 0.3 is 0 Å². The van der Waals surface area contributed by atoms with Gasteiger partial charge in [0.1, 0.15) is 0 Å². The highest BCUT2D eigenvalue weighted by atomic mass is 31.1. The van der Waals surface area contributed by atoms with Crippen LogP contribution in [0.2, 0.25) is 0 Å². The van der Waals surface area contributed by atoms with Crippen molar-refractivity contribution in [2.75, 3.05) is 0 Å². The first kappa shape index (κ1) is 28.0. The summed E-state index contributed by atoms with van der Waals surface area (Å²) >= 11 is 0. The Bertz CT molecular complexity index is 1390. The molecule has 0 saturated carbocycles. The Labute approximate surface area is 227 Å². The average Bonchev–Trinajstić information content (AvgIpc) is 3.17. The van der Waals surface area contributed by atoms with Crippen LogP contribution in [0.15, 0.2) is 42.5 Å². The van der Waals surface area contributed by atoms with Crippen molar-refractivity contribution in [3.63, 3.8) is 0 Å². The van der Waals surface area contributed by atoms with Crippen LogP contribution < -0.4 is 0 Å². The second kappa shape index (κ2) is 10.6. The van der Waals surface area contributed by atoms with Crippen molar-refractivity contribution < 1.29 is 0 Å². The quantitative estimate of drug-likeness (QED) is 0.231. The Kier molecular flexibility index (Phi) is 8.03. The molecular formula is C36H49P. The molecule has 0 bridgehead atoms. The maximum atomic E-state index is 2.58. The lowest BCUT2D eigenvalue weighted by molar-refractivity contribution is 0.808. The van der Waals surface area contributed by atoms with E-state index in [1.807, 2.05) is 0 Å². The summed E-state index contributed by atoms with van der Waals surface area (Å²) in [6.07, 6.45) is 0. The van der Waals surface area contributed by atoms with Crippen LogP contribution in [-0.2, 0) is 0 Å². The molecule has 1 unspecified atom stereocenters. The van der Waals surface area contributed by atoms with Gasteiger partial charge in [0.25, 0.3) is 0 Å². The fraction of sp³-hybridized carbons (Fsp3) is 0.500. The molecule has 0 nitrogen and oxygen atoms in total. The number of benzene rings is 3. The van der Waals surface area contributed by atoms with Crippen LogP contribution in [0.4, 0.5) is 0 Å². The minimum Gasteiger partial charge on any atom is -0.105 e. The monoisotopic (exact) mass is 512 g/mol. The first-order valence-corrected chi connectivity index (χ1v) is 16.0. The molecule has 0 amide bonds. The lowest BCUT2D eigenvalue weighted by Crippen LogP contribution is -2.03. The fourth-order valence-corrected chi connectivity index (χ4v) is 9.06. The van der Waals surface area contributed by atoms with Crippen LogP contribution in [0.1, 0.15) is 146 Å². The van der Waals surface area contributed by atoms with Crippen molar-refractivity contribution in [3.8, 4) is 11.1 Å². The Morgan fingerprint density at radius 2 is 1.03 bits per heavy atom. The third kappa shape index (κ3) is 4.92. The lowest BCUT2D eigenvalue weighted by Gasteiger charge is -2.24. The molecule has 0 saturated heterocycles. The molecule has 0 aliphatic heterocycles. The van der Waals surface area contributed by atoms with Gasteiger partial charge in [-0.1, -0.05) is 119 Å². The van der Waals surface area contributed by atoms with Gasteiger partial charge in [0.05, 0.1) is 0 Å². The van der Waals surface area contributed by atoms with Crippen molar-refractivity contribution in [1.82, 2.24) is 0 Å². The van der Waals surface area contributed by atoms with Crippen LogP contribution in [0.25, 0.3) is 32.1 Å². The first-order chi connectivity index (χ1) is 17.3. The molecule has 198 valence electrons. The summed E-state index contributed by atoms with van der Waals surface area (Å²) in [5, 5.41) is 6.31. The van der Waals surface area contributed by atoms with Gasteiger partial charge in [-0.05, 0) is 91.0 Å². The minimum absolute atomic E-state index is 0.446. The van der Waals surface area contributed by atoms with E-state index in [4.69, 9.17) is 0 Å². The van der Waals surface area contributed by atoms with Gasteiger partial charge in [-0.15, -0.1) is 7.53 Å². The van der Waals surface area contributed by atoms with Gasteiger partial charge in [-0.25, -0.2) is 0 Å². The van der Waals surface area contributed by atoms with Crippen LogP contribution in [0.5, 0.6) is 0 Å². The van der Waals surface area contributed by atoms with E-state index in [1.54, 1.807) is 15.6 Å². The van der Waals surface area contributed by atoms with Gasteiger partial charge < -0.3 is 0 Å². The second-order valence-electron chi connectivity index (χ2n) is 13.0. The molecule has 1 atom stereocenters. The molecule has 4 aromatic rings. The van der Waals surface area contributed by atoms with Crippen LogP contribution in [0, 0.1) is 0 Å². The van der Waals surface area contributed by atoms with Crippen molar-refractivity contribution in [1.29, 1.82) is 0 Å². The topological polar surface area (TPSA) is 0 Å². The van der Waals surface area contributed by atoms with E-state index >= 15 is 0 Å². The molecule has 1 heteroatoms. The maximum Gasteiger partial charge on any atom is 0.0105 e. The predicted octanol–water partition coefficient (Wildman–Crippen LogP) is 12.8. The lowest BCUT2D eigenvalue weighted by atomic mass is 9.81. The van der Waals surface area contributed by atoms with Crippen molar-refractivity contribution >= 4 is 28.5 Å². The molecule has 3 aromatic carbocycles. The van der Waals surface area contributed by atoms with Crippen LogP contribution in [0.3, 0.4) is 0 Å². The smallest absolute Gasteiger partial charge is 0.0105 e. The van der Waals surface area contributed by atoms with E-state index in [0.717, 1.165) is 0 Å². The molecule has 0 fully saturated rings. The zero-order chi connectivity index (χ0) is 27.3. The summed E-state index contributed by atoms with van der Waals surface area (Å²) in [6, 6.07) is 17.3. The number of fused-ring (bicyclic) bond motifs is 3. The van der Waals surface area contributed by atoms with Gasteiger partial charge in [-0.3, -0.25) is 0 Å². The van der Waals surface area contributed by atoms with E-state index in [-0.39, 0.29) is 0 Å². The van der Waals surface area contributed by atoms with Gasteiger partial charge in [0.2, 0.25) is 0 Å². The third-order valence-electron chi connectivity index (χ3n) is 8.18. The van der Waals surface area contributed by atoms with E-state index in [0.29, 0.717) is 35.2 Å². The third-order valence-corrected chi connectivity index (χ3v) is 11.1. The molecule has 0 radical (unpaired) electrons. The Hall–Kier alpha value is -2.04. The first-order valence-electron chi connectivity index (χ1n) is 14.6. The molecule has 0 spiro atoms. The van der Waals surface area contributed by atoms with Crippen molar-refractivity contribution in [2.45, 2.75) is 118 Å². The molecule has 1 aromatic heterocycles. The maximum absolute atomic E-state index is 2.58. The van der Waals surface area contributed by atoms with E-state index in [1.165, 1.54) is 44.3 Å². The Balaban J connectivity index is 2.26. The predicted molar refractivity (Wildman–Crippen MR) is 170 cm³/mol. The van der Waals surface area contributed by atoms with Gasteiger partial charge in [-0.2, -0.15) is 0 Å². The summed E-state index contributed by atoms with van der Waals surface area (Å²) in [5.41, 5.74) is 11.2. The van der Waals surface area contributed by atoms with Crippen molar-refractivity contribution in [3.05, 3.63) is 70.3 Å². The highest BCUT2D eigenvalue weighted by Gasteiger charge is 2.25. The minimum atomic E-state index is -0.446. The molecule has 0 aliphatic carbocycles. The summed E-state index contributed by atoms with van der Waals surface area (Å²) < 4.78 is 0. The zero-order valence-electron chi connectivity index (χ0n) is 25.5. The Morgan fingerprint density at radius 1 is 0.541 bits per heavy atom. The molecular weight excluding hydrogens is 463 g/mol. The fourth-order valence-electron chi connectivity index (χ4n) is 6.07. The van der Waals surface area contributed by atoms with Crippen LogP contribution >= 0.6 is 7.53 Å². The van der Waals surface area contributed by atoms with Gasteiger partial charge in [0, 0.05) is 10.2 Å². The summed E-state index contributed by atoms with van der Waals surface area (Å²) in [6.45, 7) is 28.5. The largest absolute Gasteiger partial charge is 0.105 e. The number of hydrogen-bond donors (Lipinski definition) is 0. The normalized spacial score (nSPS) is 13.2. The molecule has 1 heterocycles. The van der Waals surface area contributed by atoms with Crippen LogP contribution in [-0.4, -0.2) is 0 Å². The summed E-state index contributed by atoms with van der Waals surface area (Å²) in [4.78, 5) is 0. The van der Waals surface area contributed by atoms with Crippen molar-refractivity contribution in [2.24, 2.45) is 0 Å². The summed E-state index contributed by atoms with van der Waals surface area (Å²) in [7, 11) is -0.446. The average molecular weight is 513 g/mol. The SMILES string of the molecule is CC(C)c1cc(C(C)C)c(-c2cccc3c4c(C(C)C)cc(C(C)C)cc4p(C(C)C)c23)c(C(C)C)c1. The van der Waals surface area contributed by atoms with Gasteiger partial charge in [0.15, 0.2) is 0 Å². The molecule has 37 heavy (non-hydrogen) atoms. The molecule has 4 rings (SSSR count). The number of rotatable bonds is 7. The van der Waals surface area contributed by atoms with E-state index < -0.39 is 7.53 Å².